The van der Waals surface area contributed by atoms with Crippen molar-refractivity contribution in [1.82, 2.24) is 19.8 Å². The van der Waals surface area contributed by atoms with Gasteiger partial charge in [0.15, 0.2) is 5.65 Å². The van der Waals surface area contributed by atoms with Crippen LogP contribution < -0.4 is 5.32 Å². The molecule has 3 aromatic rings. The summed E-state index contributed by atoms with van der Waals surface area (Å²) in [4.78, 5) is 16.4. The Morgan fingerprint density at radius 1 is 1.43 bits per heavy atom. The van der Waals surface area contributed by atoms with Crippen LogP contribution in [0, 0.1) is 13.8 Å². The largest absolute Gasteiger partial charge is 0.361 e. The molecule has 0 spiro atoms. The van der Waals surface area contributed by atoms with Gasteiger partial charge in [-0.2, -0.15) is 4.98 Å². The van der Waals surface area contributed by atoms with Gasteiger partial charge in [0.2, 0.25) is 11.9 Å². The molecule has 0 fully saturated rings. The number of pyridine rings is 1. The van der Waals surface area contributed by atoms with E-state index in [1.165, 1.54) is 4.52 Å². The molecule has 0 aliphatic heterocycles. The van der Waals surface area contributed by atoms with Crippen LogP contribution in [0.2, 0.25) is 5.02 Å². The van der Waals surface area contributed by atoms with Crippen molar-refractivity contribution < 1.29 is 9.32 Å². The van der Waals surface area contributed by atoms with Gasteiger partial charge in [0, 0.05) is 18.2 Å². The molecule has 7 nitrogen and oxygen atoms in total. The normalized spacial score (nSPS) is 12.5. The molecular weight excluding hydrogens is 318 g/mol. The molecule has 1 amide bonds. The van der Waals surface area contributed by atoms with Gasteiger partial charge in [-0.1, -0.05) is 23.7 Å². The number of halogens is 1. The summed E-state index contributed by atoms with van der Waals surface area (Å²) in [5.74, 6) is 0.818. The molecule has 0 radical (unpaired) electrons. The smallest absolute Gasteiger partial charge is 0.249 e. The highest BCUT2D eigenvalue weighted by Crippen LogP contribution is 2.26. The van der Waals surface area contributed by atoms with Crippen LogP contribution in [0.4, 0.5) is 5.95 Å². The van der Waals surface area contributed by atoms with Crippen molar-refractivity contribution in [2.45, 2.75) is 33.1 Å². The van der Waals surface area contributed by atoms with E-state index < -0.39 is 0 Å². The van der Waals surface area contributed by atoms with E-state index in [9.17, 15) is 4.79 Å². The molecule has 0 saturated carbocycles. The number of rotatable bonds is 4. The number of carbonyl (C=O) groups excluding carboxylic acids is 1. The third kappa shape index (κ3) is 3.19. The number of aromatic nitrogens is 4. The molecule has 8 heteroatoms. The van der Waals surface area contributed by atoms with Gasteiger partial charge in [-0.15, -0.1) is 5.10 Å². The van der Waals surface area contributed by atoms with E-state index in [1.807, 2.05) is 20.8 Å². The maximum atomic E-state index is 12.2. The van der Waals surface area contributed by atoms with E-state index in [0.717, 1.165) is 17.0 Å². The quantitative estimate of drug-likeness (QED) is 0.792. The summed E-state index contributed by atoms with van der Waals surface area (Å²) in [6, 6.07) is 3.45. The highest BCUT2D eigenvalue weighted by atomic mass is 35.5. The zero-order valence-corrected chi connectivity index (χ0v) is 13.8. The second-order valence-corrected chi connectivity index (χ2v) is 5.91. The van der Waals surface area contributed by atoms with E-state index in [4.69, 9.17) is 16.1 Å². The monoisotopic (exact) mass is 333 g/mol. The highest BCUT2D eigenvalue weighted by Gasteiger charge is 2.20. The zero-order valence-electron chi connectivity index (χ0n) is 13.0. The summed E-state index contributed by atoms with van der Waals surface area (Å²) in [6.45, 7) is 5.67. The molecule has 0 unspecified atom stereocenters. The Bertz CT molecular complexity index is 851. The average molecular weight is 334 g/mol. The Balaban J connectivity index is 1.71. The number of hydrogen-bond donors (Lipinski definition) is 1. The average Bonchev–Trinajstić information content (AvgIpc) is 3.00. The van der Waals surface area contributed by atoms with Crippen molar-refractivity contribution in [3.05, 3.63) is 40.4 Å². The summed E-state index contributed by atoms with van der Waals surface area (Å²) < 4.78 is 6.67. The zero-order chi connectivity index (χ0) is 16.6. The fraction of sp³-hybridized carbons (Fsp3) is 0.333. The van der Waals surface area contributed by atoms with Gasteiger partial charge >= 0.3 is 0 Å². The predicted molar refractivity (Wildman–Crippen MR) is 85.6 cm³/mol. The lowest BCUT2D eigenvalue weighted by Crippen LogP contribution is -2.16. The minimum Gasteiger partial charge on any atom is -0.361 e. The van der Waals surface area contributed by atoms with Crippen LogP contribution in [-0.2, 0) is 4.79 Å². The SMILES string of the molecule is Cc1noc(C)c1[C@@H](C)CC(=O)Nc1nc2ccc(Cl)cn2n1. The summed E-state index contributed by atoms with van der Waals surface area (Å²) in [5, 5.41) is 11.4. The van der Waals surface area contributed by atoms with Crippen LogP contribution >= 0.6 is 11.6 Å². The lowest BCUT2D eigenvalue weighted by Gasteiger charge is -2.09. The minimum atomic E-state index is -0.167. The summed E-state index contributed by atoms with van der Waals surface area (Å²) >= 11 is 5.90. The summed E-state index contributed by atoms with van der Waals surface area (Å²) in [7, 11) is 0. The van der Waals surface area contributed by atoms with Crippen molar-refractivity contribution in [2.75, 3.05) is 5.32 Å². The second-order valence-electron chi connectivity index (χ2n) is 5.48. The topological polar surface area (TPSA) is 85.3 Å². The highest BCUT2D eigenvalue weighted by molar-refractivity contribution is 6.30. The molecule has 0 aliphatic carbocycles. The molecule has 3 aromatic heterocycles. The summed E-state index contributed by atoms with van der Waals surface area (Å²) in [5.41, 5.74) is 2.39. The van der Waals surface area contributed by atoms with Crippen molar-refractivity contribution in [3.8, 4) is 0 Å². The second kappa shape index (κ2) is 6.00. The third-order valence-corrected chi connectivity index (χ3v) is 3.84. The van der Waals surface area contributed by atoms with Gasteiger partial charge < -0.3 is 4.52 Å². The lowest BCUT2D eigenvalue weighted by molar-refractivity contribution is -0.116. The van der Waals surface area contributed by atoms with Gasteiger partial charge in [0.05, 0.1) is 10.7 Å². The first-order valence-corrected chi connectivity index (χ1v) is 7.56. The Hall–Kier alpha value is -2.41. The minimum absolute atomic E-state index is 0.00674. The summed E-state index contributed by atoms with van der Waals surface area (Å²) in [6.07, 6.45) is 1.92. The Morgan fingerprint density at radius 3 is 2.91 bits per heavy atom. The van der Waals surface area contributed by atoms with Gasteiger partial charge in [-0.3, -0.25) is 10.1 Å². The molecule has 0 aromatic carbocycles. The van der Waals surface area contributed by atoms with E-state index >= 15 is 0 Å². The maximum Gasteiger partial charge on any atom is 0.249 e. The van der Waals surface area contributed by atoms with Crippen LogP contribution in [0.1, 0.15) is 36.3 Å². The Kier molecular flexibility index (Phi) is 4.04. The number of anilines is 1. The van der Waals surface area contributed by atoms with Crippen molar-refractivity contribution >= 4 is 29.1 Å². The number of nitrogens with one attached hydrogen (secondary N) is 1. The first kappa shape index (κ1) is 15.5. The molecule has 0 bridgehead atoms. The fourth-order valence-corrected chi connectivity index (χ4v) is 2.82. The predicted octanol–water partition coefficient (Wildman–Crippen LogP) is 3.12. The van der Waals surface area contributed by atoms with Gasteiger partial charge in [-0.05, 0) is 31.9 Å². The molecular formula is C15H16ClN5O2. The number of nitrogens with zero attached hydrogens (tertiary/aromatic N) is 4. The van der Waals surface area contributed by atoms with Gasteiger partial charge in [-0.25, -0.2) is 4.52 Å². The molecule has 120 valence electrons. The Labute approximate surface area is 137 Å². The standard InChI is InChI=1S/C15H16ClN5O2/c1-8(14-9(2)20-23-10(14)3)6-13(22)18-15-17-12-5-4-11(16)7-21(12)19-15/h4-5,7-8H,6H2,1-3H3,(H,18,19,22)/t8-/m0/s1. The van der Waals surface area contributed by atoms with Crippen molar-refractivity contribution in [1.29, 1.82) is 0 Å². The van der Waals surface area contributed by atoms with Crippen molar-refractivity contribution in [3.63, 3.8) is 0 Å². The van der Waals surface area contributed by atoms with Crippen LogP contribution in [0.3, 0.4) is 0 Å². The van der Waals surface area contributed by atoms with Gasteiger partial charge in [0.1, 0.15) is 5.76 Å². The molecule has 3 rings (SSSR count). The number of aryl methyl sites for hydroxylation is 2. The Morgan fingerprint density at radius 2 is 2.22 bits per heavy atom. The first-order chi connectivity index (χ1) is 10.9. The molecule has 0 saturated heterocycles. The van der Waals surface area contributed by atoms with Crippen LogP contribution in [0.5, 0.6) is 0 Å². The van der Waals surface area contributed by atoms with Crippen molar-refractivity contribution in [2.24, 2.45) is 0 Å². The molecule has 1 N–H and O–H groups in total. The fourth-order valence-electron chi connectivity index (χ4n) is 2.66. The van der Waals surface area contributed by atoms with Crippen LogP contribution in [0.25, 0.3) is 5.65 Å². The van der Waals surface area contributed by atoms with E-state index in [1.54, 1.807) is 18.3 Å². The van der Waals surface area contributed by atoms with Crippen LogP contribution in [0.15, 0.2) is 22.9 Å². The number of hydrogen-bond acceptors (Lipinski definition) is 5. The number of carbonyl (C=O) groups is 1. The van der Waals surface area contributed by atoms with Crippen LogP contribution in [-0.4, -0.2) is 25.7 Å². The first-order valence-electron chi connectivity index (χ1n) is 7.18. The molecule has 1 atom stereocenters. The number of fused-ring (bicyclic) bond motifs is 1. The lowest BCUT2D eigenvalue weighted by atomic mass is 9.96. The molecule has 0 aliphatic rings. The molecule has 23 heavy (non-hydrogen) atoms. The van der Waals surface area contributed by atoms with E-state index in [-0.39, 0.29) is 17.8 Å². The van der Waals surface area contributed by atoms with E-state index in [0.29, 0.717) is 17.1 Å². The molecule has 3 heterocycles. The maximum absolute atomic E-state index is 12.2. The third-order valence-electron chi connectivity index (χ3n) is 3.62. The number of amides is 1. The van der Waals surface area contributed by atoms with Gasteiger partial charge in [0.25, 0.3) is 0 Å². The van der Waals surface area contributed by atoms with E-state index in [2.05, 4.69) is 20.6 Å².